The van der Waals surface area contributed by atoms with Crippen LogP contribution in [0.2, 0.25) is 0 Å². The highest BCUT2D eigenvalue weighted by Crippen LogP contribution is 2.14. The Labute approximate surface area is 118 Å². The summed E-state index contributed by atoms with van der Waals surface area (Å²) in [5.74, 6) is 0.107. The summed E-state index contributed by atoms with van der Waals surface area (Å²) in [6, 6.07) is 18.6. The molecule has 2 rings (SSSR count). The first kappa shape index (κ1) is 14.0. The quantitative estimate of drug-likeness (QED) is 0.348. The van der Waals surface area contributed by atoms with Gasteiger partial charge >= 0.3 is 0 Å². The van der Waals surface area contributed by atoms with Crippen LogP contribution in [0.15, 0.2) is 66.4 Å². The van der Waals surface area contributed by atoms with Gasteiger partial charge in [0.05, 0.1) is 0 Å². The first-order chi connectivity index (χ1) is 9.81. The van der Waals surface area contributed by atoms with E-state index in [9.17, 15) is 4.79 Å². The number of carbonyl (C=O) groups is 1. The lowest BCUT2D eigenvalue weighted by Gasteiger charge is -2.09. The van der Waals surface area contributed by atoms with E-state index < -0.39 is 0 Å². The molecule has 0 atom stereocenters. The van der Waals surface area contributed by atoms with Gasteiger partial charge < -0.3 is 9.47 Å². The van der Waals surface area contributed by atoms with Crippen molar-refractivity contribution in [3.05, 3.63) is 77.5 Å². The molecule has 0 saturated carbocycles. The zero-order valence-electron chi connectivity index (χ0n) is 11.3. The standard InChI is InChI=1S/C17H16O3/c1-19-13-20-16(12-14-8-4-2-5-9-14)17(18)15-10-6-3-7-11-15/h2-12H,13H2,1H3. The average molecular weight is 268 g/mol. The van der Waals surface area contributed by atoms with E-state index in [0.29, 0.717) is 5.56 Å². The Kier molecular flexibility index (Phi) is 5.09. The zero-order chi connectivity index (χ0) is 14.2. The zero-order valence-corrected chi connectivity index (χ0v) is 11.3. The first-order valence-electron chi connectivity index (χ1n) is 6.29. The summed E-state index contributed by atoms with van der Waals surface area (Å²) in [6.45, 7) is 0.0389. The lowest BCUT2D eigenvalue weighted by molar-refractivity contribution is 0.00627. The van der Waals surface area contributed by atoms with Crippen molar-refractivity contribution in [3.63, 3.8) is 0 Å². The molecule has 0 unspecified atom stereocenters. The topological polar surface area (TPSA) is 35.5 Å². The number of rotatable bonds is 6. The van der Waals surface area contributed by atoms with Gasteiger partial charge in [0.25, 0.3) is 0 Å². The minimum atomic E-state index is -0.161. The number of Topliss-reactive ketones (excluding diaryl/α,β-unsaturated/α-hetero) is 1. The second-order valence-electron chi connectivity index (χ2n) is 4.17. The molecule has 0 heterocycles. The predicted molar refractivity (Wildman–Crippen MR) is 78.2 cm³/mol. The molecule has 3 nitrogen and oxygen atoms in total. The highest BCUT2D eigenvalue weighted by atomic mass is 16.7. The van der Waals surface area contributed by atoms with Crippen molar-refractivity contribution in [1.82, 2.24) is 0 Å². The summed E-state index contributed by atoms with van der Waals surface area (Å²) in [5, 5.41) is 0. The van der Waals surface area contributed by atoms with Gasteiger partial charge in [-0.05, 0) is 11.6 Å². The molecule has 0 radical (unpaired) electrons. The van der Waals surface area contributed by atoms with E-state index >= 15 is 0 Å². The lowest BCUT2D eigenvalue weighted by Crippen LogP contribution is -2.08. The maximum absolute atomic E-state index is 12.4. The van der Waals surface area contributed by atoms with E-state index in [1.54, 1.807) is 18.2 Å². The second kappa shape index (κ2) is 7.26. The van der Waals surface area contributed by atoms with Crippen LogP contribution < -0.4 is 0 Å². The summed E-state index contributed by atoms with van der Waals surface area (Å²) in [7, 11) is 1.52. The molecule has 0 N–H and O–H groups in total. The maximum atomic E-state index is 12.4. The summed E-state index contributed by atoms with van der Waals surface area (Å²) in [5.41, 5.74) is 1.49. The predicted octanol–water partition coefficient (Wildman–Crippen LogP) is 3.53. The van der Waals surface area contributed by atoms with Crippen LogP contribution in [-0.2, 0) is 9.47 Å². The summed E-state index contributed by atoms with van der Waals surface area (Å²) >= 11 is 0. The number of ether oxygens (including phenoxy) is 2. The van der Waals surface area contributed by atoms with Crippen LogP contribution in [0, 0.1) is 0 Å². The van der Waals surface area contributed by atoms with Gasteiger partial charge in [0.15, 0.2) is 12.6 Å². The molecule has 20 heavy (non-hydrogen) atoms. The Hall–Kier alpha value is -2.39. The van der Waals surface area contributed by atoms with Gasteiger partial charge in [-0.15, -0.1) is 0 Å². The highest BCUT2D eigenvalue weighted by Gasteiger charge is 2.13. The number of hydrogen-bond acceptors (Lipinski definition) is 3. The molecule has 0 spiro atoms. The van der Waals surface area contributed by atoms with Crippen molar-refractivity contribution >= 4 is 11.9 Å². The Bertz CT molecular complexity index is 574. The van der Waals surface area contributed by atoms with E-state index in [0.717, 1.165) is 5.56 Å². The van der Waals surface area contributed by atoms with Crippen LogP contribution in [0.4, 0.5) is 0 Å². The molecule has 0 bridgehead atoms. The van der Waals surface area contributed by atoms with Crippen LogP contribution in [0.5, 0.6) is 0 Å². The fraction of sp³-hybridized carbons (Fsp3) is 0.118. The van der Waals surface area contributed by atoms with Crippen molar-refractivity contribution in [3.8, 4) is 0 Å². The summed E-state index contributed by atoms with van der Waals surface area (Å²) in [6.07, 6.45) is 1.72. The SMILES string of the molecule is COCOC(=Cc1ccccc1)C(=O)c1ccccc1. The average Bonchev–Trinajstić information content (AvgIpc) is 2.52. The van der Waals surface area contributed by atoms with Crippen LogP contribution in [0.3, 0.4) is 0 Å². The van der Waals surface area contributed by atoms with Gasteiger partial charge in [-0.3, -0.25) is 4.79 Å². The van der Waals surface area contributed by atoms with E-state index in [2.05, 4.69) is 0 Å². The molecule has 0 amide bonds. The monoisotopic (exact) mass is 268 g/mol. The molecular weight excluding hydrogens is 252 g/mol. The third kappa shape index (κ3) is 3.80. The third-order valence-electron chi connectivity index (χ3n) is 2.69. The van der Waals surface area contributed by atoms with Gasteiger partial charge in [0.1, 0.15) is 0 Å². The molecule has 0 fully saturated rings. The second-order valence-corrected chi connectivity index (χ2v) is 4.17. The summed E-state index contributed by atoms with van der Waals surface area (Å²) < 4.78 is 10.3. The fourth-order valence-corrected chi connectivity index (χ4v) is 1.73. The van der Waals surface area contributed by atoms with E-state index in [4.69, 9.17) is 9.47 Å². The Morgan fingerprint density at radius 2 is 1.60 bits per heavy atom. The molecule has 0 aromatic heterocycles. The smallest absolute Gasteiger partial charge is 0.227 e. The molecule has 0 aliphatic carbocycles. The maximum Gasteiger partial charge on any atom is 0.227 e. The molecule has 0 aliphatic rings. The lowest BCUT2D eigenvalue weighted by atomic mass is 10.1. The van der Waals surface area contributed by atoms with Crippen molar-refractivity contribution in [2.45, 2.75) is 0 Å². The van der Waals surface area contributed by atoms with E-state index in [1.807, 2.05) is 48.5 Å². The van der Waals surface area contributed by atoms with Gasteiger partial charge in [0, 0.05) is 12.7 Å². The van der Waals surface area contributed by atoms with Crippen LogP contribution in [0.25, 0.3) is 6.08 Å². The number of benzene rings is 2. The Balaban J connectivity index is 2.28. The van der Waals surface area contributed by atoms with Crippen molar-refractivity contribution in [2.75, 3.05) is 13.9 Å². The van der Waals surface area contributed by atoms with Gasteiger partial charge in [-0.25, -0.2) is 0 Å². The minimum absolute atomic E-state index is 0.0389. The Morgan fingerprint density at radius 3 is 2.20 bits per heavy atom. The van der Waals surface area contributed by atoms with Gasteiger partial charge in [0.2, 0.25) is 5.78 Å². The largest absolute Gasteiger partial charge is 0.463 e. The van der Waals surface area contributed by atoms with Crippen molar-refractivity contribution < 1.29 is 14.3 Å². The minimum Gasteiger partial charge on any atom is -0.463 e. The molecule has 2 aromatic rings. The number of carbonyl (C=O) groups excluding carboxylic acids is 1. The van der Waals surface area contributed by atoms with Crippen LogP contribution >= 0.6 is 0 Å². The number of methoxy groups -OCH3 is 1. The molecule has 102 valence electrons. The third-order valence-corrected chi connectivity index (χ3v) is 2.69. The molecule has 3 heteroatoms. The van der Waals surface area contributed by atoms with Crippen LogP contribution in [0.1, 0.15) is 15.9 Å². The highest BCUT2D eigenvalue weighted by molar-refractivity contribution is 6.09. The summed E-state index contributed by atoms with van der Waals surface area (Å²) in [4.78, 5) is 12.4. The number of ketones is 1. The van der Waals surface area contributed by atoms with Crippen molar-refractivity contribution in [2.24, 2.45) is 0 Å². The molecular formula is C17H16O3. The van der Waals surface area contributed by atoms with E-state index in [-0.39, 0.29) is 18.3 Å². The normalized spacial score (nSPS) is 11.2. The van der Waals surface area contributed by atoms with E-state index in [1.165, 1.54) is 7.11 Å². The van der Waals surface area contributed by atoms with Crippen LogP contribution in [-0.4, -0.2) is 19.7 Å². The van der Waals surface area contributed by atoms with Gasteiger partial charge in [-0.2, -0.15) is 0 Å². The molecule has 0 saturated heterocycles. The molecule has 0 aliphatic heterocycles. The Morgan fingerprint density at radius 1 is 1.00 bits per heavy atom. The number of allylic oxidation sites excluding steroid dienone is 1. The van der Waals surface area contributed by atoms with Gasteiger partial charge in [-0.1, -0.05) is 60.7 Å². The fourth-order valence-electron chi connectivity index (χ4n) is 1.73. The molecule has 2 aromatic carbocycles. The van der Waals surface area contributed by atoms with Crippen molar-refractivity contribution in [1.29, 1.82) is 0 Å². The first-order valence-corrected chi connectivity index (χ1v) is 6.29. The number of hydrogen-bond donors (Lipinski definition) is 0.